The van der Waals surface area contributed by atoms with Crippen molar-refractivity contribution in [1.29, 1.82) is 0 Å². The Morgan fingerprint density at radius 1 is 1.12 bits per heavy atom. The van der Waals surface area contributed by atoms with E-state index in [-0.39, 0.29) is 12.0 Å². The third-order valence-electron chi connectivity index (χ3n) is 6.25. The van der Waals surface area contributed by atoms with Gasteiger partial charge in [0.1, 0.15) is 17.2 Å². The third kappa shape index (κ3) is 5.66. The summed E-state index contributed by atoms with van der Waals surface area (Å²) in [6, 6.07) is 1.41. The number of amides is 2. The van der Waals surface area contributed by atoms with E-state index in [1.807, 2.05) is 27.7 Å². The van der Waals surface area contributed by atoms with Crippen LogP contribution in [-0.2, 0) is 14.0 Å². The number of carbonyl (C=O) groups excluding carboxylic acids is 2. The van der Waals surface area contributed by atoms with Crippen molar-refractivity contribution in [2.24, 2.45) is 0 Å². The lowest BCUT2D eigenvalue weighted by Crippen LogP contribution is -2.50. The topological polar surface area (TPSA) is 77.1 Å². The van der Waals surface area contributed by atoms with Gasteiger partial charge in [0.05, 0.1) is 16.8 Å². The molecule has 0 aromatic heterocycles. The third-order valence-corrected chi connectivity index (χ3v) is 6.25. The van der Waals surface area contributed by atoms with E-state index in [4.69, 9.17) is 14.0 Å². The van der Waals surface area contributed by atoms with Crippen molar-refractivity contribution in [1.82, 2.24) is 10.2 Å². The number of nitrogens with zero attached hydrogens (tertiary/aromatic N) is 1. The molecule has 0 radical (unpaired) electrons. The first-order valence-corrected chi connectivity index (χ1v) is 11.2. The largest absolute Gasteiger partial charge is 0.497 e. The Bertz CT molecular complexity index is 916. The number of benzene rings is 1. The normalized spacial score (nSPS) is 22.3. The van der Waals surface area contributed by atoms with E-state index >= 15 is 0 Å². The standard InChI is InChI=1S/C23H33BF2N2O5/c1-21(2,3)31-20(30)28-10-8-9-14(13-28)27-19(29)15-11-18(26)16(12-17(15)25)24-32-22(4,5)23(6,7)33-24/h11-12,14H,8-10,13H2,1-7H3,(H,27,29). The molecular formula is C23H33BF2N2O5. The summed E-state index contributed by atoms with van der Waals surface area (Å²) in [4.78, 5) is 26.6. The van der Waals surface area contributed by atoms with E-state index in [2.05, 4.69) is 5.32 Å². The van der Waals surface area contributed by atoms with E-state index in [1.165, 1.54) is 4.90 Å². The van der Waals surface area contributed by atoms with Gasteiger partial charge in [-0.1, -0.05) is 0 Å². The van der Waals surface area contributed by atoms with Crippen LogP contribution in [0, 0.1) is 11.6 Å². The van der Waals surface area contributed by atoms with Crippen LogP contribution in [0.15, 0.2) is 12.1 Å². The van der Waals surface area contributed by atoms with Crippen LogP contribution in [0.2, 0.25) is 0 Å². The highest BCUT2D eigenvalue weighted by molar-refractivity contribution is 6.62. The lowest BCUT2D eigenvalue weighted by Gasteiger charge is -2.34. The molecule has 1 N–H and O–H groups in total. The fraction of sp³-hybridized carbons (Fsp3) is 0.652. The van der Waals surface area contributed by atoms with E-state index in [1.54, 1.807) is 20.8 Å². The van der Waals surface area contributed by atoms with Gasteiger partial charge in [-0.3, -0.25) is 4.79 Å². The minimum Gasteiger partial charge on any atom is -0.444 e. The maximum atomic E-state index is 14.9. The highest BCUT2D eigenvalue weighted by Gasteiger charge is 2.52. The van der Waals surface area contributed by atoms with Crippen LogP contribution in [0.1, 0.15) is 71.7 Å². The first kappa shape index (κ1) is 25.4. The Morgan fingerprint density at radius 2 is 1.73 bits per heavy atom. The number of likely N-dealkylation sites (tertiary alicyclic amines) is 1. The number of piperidine rings is 1. The quantitative estimate of drug-likeness (QED) is 0.692. The van der Waals surface area contributed by atoms with Gasteiger partial charge in [0.2, 0.25) is 0 Å². The van der Waals surface area contributed by atoms with Crippen molar-refractivity contribution in [2.45, 2.75) is 84.2 Å². The first-order valence-electron chi connectivity index (χ1n) is 11.2. The smallest absolute Gasteiger partial charge is 0.444 e. The maximum absolute atomic E-state index is 14.9. The van der Waals surface area contributed by atoms with Gasteiger partial charge in [-0.25, -0.2) is 13.6 Å². The summed E-state index contributed by atoms with van der Waals surface area (Å²) >= 11 is 0. The zero-order chi connectivity index (χ0) is 24.8. The van der Waals surface area contributed by atoms with Crippen molar-refractivity contribution < 1.29 is 32.4 Å². The molecule has 2 aliphatic heterocycles. The van der Waals surface area contributed by atoms with Crippen LogP contribution in [0.3, 0.4) is 0 Å². The number of hydrogen-bond acceptors (Lipinski definition) is 5. The van der Waals surface area contributed by atoms with Gasteiger partial charge in [0, 0.05) is 24.6 Å². The van der Waals surface area contributed by atoms with Gasteiger partial charge in [0.15, 0.2) is 0 Å². The minimum absolute atomic E-state index is 0.100. The highest BCUT2D eigenvalue weighted by Crippen LogP contribution is 2.36. The summed E-state index contributed by atoms with van der Waals surface area (Å²) in [6.07, 6.45) is 0.800. The summed E-state index contributed by atoms with van der Waals surface area (Å²) in [6.45, 7) is 13.3. The zero-order valence-corrected chi connectivity index (χ0v) is 20.4. The Balaban J connectivity index is 1.70. The number of carbonyl (C=O) groups is 2. The molecule has 1 atom stereocenters. The average Bonchev–Trinajstić information content (AvgIpc) is 2.89. The van der Waals surface area contributed by atoms with Crippen LogP contribution in [0.25, 0.3) is 0 Å². The number of nitrogens with one attached hydrogen (secondary N) is 1. The van der Waals surface area contributed by atoms with Crippen LogP contribution < -0.4 is 10.8 Å². The number of hydrogen-bond donors (Lipinski definition) is 1. The van der Waals surface area contributed by atoms with Crippen molar-refractivity contribution in [3.63, 3.8) is 0 Å². The maximum Gasteiger partial charge on any atom is 0.497 e. The van der Waals surface area contributed by atoms with Gasteiger partial charge < -0.3 is 24.3 Å². The Labute approximate surface area is 194 Å². The van der Waals surface area contributed by atoms with Crippen molar-refractivity contribution >= 4 is 24.6 Å². The first-order chi connectivity index (χ1) is 15.1. The lowest BCUT2D eigenvalue weighted by molar-refractivity contribution is 0.00578. The molecular weight excluding hydrogens is 433 g/mol. The number of ether oxygens (including phenoxy) is 1. The van der Waals surface area contributed by atoms with Gasteiger partial charge in [0.25, 0.3) is 5.91 Å². The molecule has 2 heterocycles. The Morgan fingerprint density at radius 3 is 2.30 bits per heavy atom. The summed E-state index contributed by atoms with van der Waals surface area (Å²) in [5.74, 6) is -2.42. The Kier molecular flexibility index (Phi) is 6.83. The van der Waals surface area contributed by atoms with Crippen molar-refractivity contribution in [3.8, 4) is 0 Å². The van der Waals surface area contributed by atoms with Crippen LogP contribution in [0.5, 0.6) is 0 Å². The molecule has 10 heteroatoms. The Hall–Kier alpha value is -2.20. The molecule has 7 nitrogen and oxygen atoms in total. The molecule has 1 unspecified atom stereocenters. The monoisotopic (exact) mass is 466 g/mol. The van der Waals surface area contributed by atoms with E-state index in [9.17, 15) is 18.4 Å². The number of rotatable bonds is 3. The van der Waals surface area contributed by atoms with Gasteiger partial charge in [-0.15, -0.1) is 0 Å². The molecule has 3 rings (SSSR count). The second-order valence-corrected chi connectivity index (χ2v) is 10.7. The van der Waals surface area contributed by atoms with Gasteiger partial charge in [-0.05, 0) is 73.4 Å². The highest BCUT2D eigenvalue weighted by atomic mass is 19.1. The van der Waals surface area contributed by atoms with Crippen molar-refractivity contribution in [3.05, 3.63) is 29.3 Å². The summed E-state index contributed by atoms with van der Waals surface area (Å²) in [5, 5.41) is 2.71. The average molecular weight is 466 g/mol. The second kappa shape index (κ2) is 8.87. The fourth-order valence-electron chi connectivity index (χ4n) is 3.74. The fourth-order valence-corrected chi connectivity index (χ4v) is 3.74. The molecule has 182 valence electrons. The van der Waals surface area contributed by atoms with Crippen molar-refractivity contribution in [2.75, 3.05) is 13.1 Å². The molecule has 2 saturated heterocycles. The molecule has 2 amide bonds. The molecule has 2 aliphatic rings. The van der Waals surface area contributed by atoms with E-state index < -0.39 is 59.2 Å². The molecule has 1 aromatic carbocycles. The predicted molar refractivity (Wildman–Crippen MR) is 120 cm³/mol. The van der Waals surface area contributed by atoms with Gasteiger partial charge in [-0.2, -0.15) is 0 Å². The van der Waals surface area contributed by atoms with Crippen LogP contribution >= 0.6 is 0 Å². The van der Waals surface area contributed by atoms with Gasteiger partial charge >= 0.3 is 13.2 Å². The minimum atomic E-state index is -1.08. The van der Waals surface area contributed by atoms with E-state index in [0.29, 0.717) is 19.4 Å². The zero-order valence-electron chi connectivity index (χ0n) is 20.4. The molecule has 0 saturated carbocycles. The number of halogens is 2. The molecule has 2 fully saturated rings. The SMILES string of the molecule is CC(C)(C)OC(=O)N1CCCC(NC(=O)c2cc(F)c(B3OC(C)(C)C(C)(C)O3)cc2F)C1. The molecule has 1 aromatic rings. The second-order valence-electron chi connectivity index (χ2n) is 10.7. The summed E-state index contributed by atoms with van der Waals surface area (Å²) < 4.78 is 46.7. The van der Waals surface area contributed by atoms with Crippen LogP contribution in [-0.4, -0.2) is 60.0 Å². The molecule has 0 spiro atoms. The molecule has 0 aliphatic carbocycles. The van der Waals surface area contributed by atoms with Crippen LogP contribution in [0.4, 0.5) is 13.6 Å². The molecule has 33 heavy (non-hydrogen) atoms. The predicted octanol–water partition coefficient (Wildman–Crippen LogP) is 3.39. The summed E-state index contributed by atoms with van der Waals surface area (Å²) in [7, 11) is -1.08. The molecule has 0 bridgehead atoms. The lowest BCUT2D eigenvalue weighted by atomic mass is 9.78. The summed E-state index contributed by atoms with van der Waals surface area (Å²) in [5.41, 5.74) is -2.57. The van der Waals surface area contributed by atoms with E-state index in [0.717, 1.165) is 12.1 Å².